The minimum atomic E-state index is -4.30. The van der Waals surface area contributed by atoms with E-state index in [0.29, 0.717) is 0 Å². The molecule has 0 unspecified atom stereocenters. The summed E-state index contributed by atoms with van der Waals surface area (Å²) in [6, 6.07) is 0. The topological polar surface area (TPSA) is 69.1 Å². The van der Waals surface area contributed by atoms with E-state index >= 15 is 0 Å². The maximum atomic E-state index is 11.6. The third kappa shape index (κ3) is 4.17. The van der Waals surface area contributed by atoms with Crippen molar-refractivity contribution >= 4 is 5.91 Å². The summed E-state index contributed by atoms with van der Waals surface area (Å²) < 4.78 is 34.9. The van der Waals surface area contributed by atoms with Gasteiger partial charge in [0.05, 0.1) is 5.54 Å². The smallest absolute Gasteiger partial charge is 0.368 e. The van der Waals surface area contributed by atoms with Crippen LogP contribution >= 0.6 is 0 Å². The molecule has 0 aromatic carbocycles. The van der Waals surface area contributed by atoms with Crippen LogP contribution in [0.15, 0.2) is 0 Å². The van der Waals surface area contributed by atoms with Gasteiger partial charge in [-0.25, -0.2) is 0 Å². The van der Waals surface area contributed by atoms with Gasteiger partial charge >= 0.3 is 6.18 Å². The van der Waals surface area contributed by atoms with E-state index in [0.717, 1.165) is 0 Å². The lowest BCUT2D eigenvalue weighted by molar-refractivity contribution is -0.141. The van der Waals surface area contributed by atoms with E-state index < -0.39 is 30.5 Å². The van der Waals surface area contributed by atoms with Crippen LogP contribution in [0.2, 0.25) is 0 Å². The van der Waals surface area contributed by atoms with Crippen LogP contribution in [-0.2, 0) is 4.79 Å². The molecule has 0 bridgehead atoms. The number of alkyl halides is 3. The molecule has 0 aromatic heterocycles. The standard InChI is InChI=1S/C6H11F3N2O/c1-5(11,4(10)12)2-3-6(7,8)9/h2-3,11H2,1H3,(H2,10,12)/t5-/m1/s1. The SMILES string of the molecule is C[C@@](N)(CCC(F)(F)F)C(N)=O. The number of carbonyl (C=O) groups is 1. The number of halogens is 3. The van der Waals surface area contributed by atoms with E-state index in [-0.39, 0.29) is 0 Å². The molecule has 1 amide bonds. The van der Waals surface area contributed by atoms with Gasteiger partial charge in [0, 0.05) is 6.42 Å². The maximum absolute atomic E-state index is 11.6. The minimum Gasteiger partial charge on any atom is -0.368 e. The molecule has 0 fully saturated rings. The molecule has 0 heterocycles. The summed E-state index contributed by atoms with van der Waals surface area (Å²) in [7, 11) is 0. The molecule has 0 radical (unpaired) electrons. The van der Waals surface area contributed by atoms with Crippen molar-refractivity contribution < 1.29 is 18.0 Å². The minimum absolute atomic E-state index is 0.480. The lowest BCUT2D eigenvalue weighted by Gasteiger charge is -2.20. The van der Waals surface area contributed by atoms with E-state index in [4.69, 9.17) is 11.5 Å². The van der Waals surface area contributed by atoms with E-state index in [9.17, 15) is 18.0 Å². The van der Waals surface area contributed by atoms with Crippen molar-refractivity contribution in [2.75, 3.05) is 0 Å². The Morgan fingerprint density at radius 1 is 1.33 bits per heavy atom. The Balaban J connectivity index is 4.01. The second-order valence-corrected chi connectivity index (χ2v) is 2.90. The zero-order chi connectivity index (χ0) is 9.99. The van der Waals surface area contributed by atoms with Crippen LogP contribution in [0, 0.1) is 0 Å². The molecule has 0 rings (SSSR count). The molecule has 1 atom stereocenters. The van der Waals surface area contributed by atoms with E-state index in [2.05, 4.69) is 0 Å². The molecule has 72 valence electrons. The molecular weight excluding hydrogens is 173 g/mol. The van der Waals surface area contributed by atoms with E-state index in [1.807, 2.05) is 0 Å². The zero-order valence-corrected chi connectivity index (χ0v) is 6.61. The molecule has 4 N–H and O–H groups in total. The van der Waals surface area contributed by atoms with Gasteiger partial charge in [0.1, 0.15) is 0 Å². The first-order valence-corrected chi connectivity index (χ1v) is 3.31. The van der Waals surface area contributed by atoms with Crippen molar-refractivity contribution in [3.8, 4) is 0 Å². The van der Waals surface area contributed by atoms with Crippen molar-refractivity contribution in [3.05, 3.63) is 0 Å². The highest BCUT2D eigenvalue weighted by Gasteiger charge is 2.34. The van der Waals surface area contributed by atoms with Gasteiger partial charge in [0.15, 0.2) is 0 Å². The highest BCUT2D eigenvalue weighted by molar-refractivity contribution is 5.83. The average Bonchev–Trinajstić information content (AvgIpc) is 1.82. The van der Waals surface area contributed by atoms with Crippen LogP contribution in [-0.4, -0.2) is 17.6 Å². The third-order valence-corrected chi connectivity index (χ3v) is 1.49. The fourth-order valence-corrected chi connectivity index (χ4v) is 0.525. The van der Waals surface area contributed by atoms with Gasteiger partial charge < -0.3 is 11.5 Å². The Kier molecular flexibility index (Phi) is 3.09. The van der Waals surface area contributed by atoms with Gasteiger partial charge in [0.25, 0.3) is 0 Å². The molecule has 3 nitrogen and oxygen atoms in total. The Hall–Kier alpha value is -0.780. The highest BCUT2D eigenvalue weighted by Crippen LogP contribution is 2.24. The fourth-order valence-electron chi connectivity index (χ4n) is 0.525. The van der Waals surface area contributed by atoms with Crippen LogP contribution in [0.25, 0.3) is 0 Å². The van der Waals surface area contributed by atoms with E-state index in [1.54, 1.807) is 0 Å². The normalized spacial score (nSPS) is 17.1. The van der Waals surface area contributed by atoms with Crippen molar-refractivity contribution in [2.45, 2.75) is 31.5 Å². The molecule has 0 spiro atoms. The Morgan fingerprint density at radius 3 is 2.00 bits per heavy atom. The molecule has 0 aliphatic heterocycles. The molecule has 0 aliphatic rings. The number of nitrogens with two attached hydrogens (primary N) is 2. The Bertz CT molecular complexity index is 176. The van der Waals surface area contributed by atoms with Gasteiger partial charge in [-0.2, -0.15) is 13.2 Å². The largest absolute Gasteiger partial charge is 0.389 e. The molecule has 0 saturated heterocycles. The summed E-state index contributed by atoms with van der Waals surface area (Å²) >= 11 is 0. The number of carbonyl (C=O) groups excluding carboxylic acids is 1. The van der Waals surface area contributed by atoms with Crippen LogP contribution in [0.5, 0.6) is 0 Å². The summed E-state index contributed by atoms with van der Waals surface area (Å²) in [5, 5.41) is 0. The van der Waals surface area contributed by atoms with Gasteiger partial charge in [0.2, 0.25) is 5.91 Å². The summed E-state index contributed by atoms with van der Waals surface area (Å²) in [6.45, 7) is 1.18. The molecule has 0 saturated carbocycles. The first kappa shape index (κ1) is 11.2. The Morgan fingerprint density at radius 2 is 1.75 bits per heavy atom. The predicted octanol–water partition coefficient (Wildman–Crippen LogP) is 0.532. The van der Waals surface area contributed by atoms with Crippen molar-refractivity contribution in [2.24, 2.45) is 11.5 Å². The number of rotatable bonds is 3. The van der Waals surface area contributed by atoms with Crippen molar-refractivity contribution in [3.63, 3.8) is 0 Å². The van der Waals surface area contributed by atoms with Gasteiger partial charge in [-0.15, -0.1) is 0 Å². The highest BCUT2D eigenvalue weighted by atomic mass is 19.4. The van der Waals surface area contributed by atoms with Gasteiger partial charge in [-0.3, -0.25) is 4.79 Å². The summed E-state index contributed by atoms with van der Waals surface area (Å²) in [5.41, 5.74) is 8.39. The van der Waals surface area contributed by atoms with Crippen molar-refractivity contribution in [1.29, 1.82) is 0 Å². The number of hydrogen-bond acceptors (Lipinski definition) is 2. The molecule has 6 heteroatoms. The summed E-state index contributed by atoms with van der Waals surface area (Å²) in [5.74, 6) is -0.924. The van der Waals surface area contributed by atoms with Crippen LogP contribution in [0.3, 0.4) is 0 Å². The number of primary amides is 1. The molecule has 12 heavy (non-hydrogen) atoms. The zero-order valence-electron chi connectivity index (χ0n) is 6.61. The maximum Gasteiger partial charge on any atom is 0.389 e. The average molecular weight is 184 g/mol. The second-order valence-electron chi connectivity index (χ2n) is 2.90. The number of amides is 1. The van der Waals surface area contributed by atoms with Crippen LogP contribution < -0.4 is 11.5 Å². The molecule has 0 aliphatic carbocycles. The van der Waals surface area contributed by atoms with E-state index in [1.165, 1.54) is 6.92 Å². The first-order chi connectivity index (χ1) is 5.15. The van der Waals surface area contributed by atoms with Crippen molar-refractivity contribution in [1.82, 2.24) is 0 Å². The lowest BCUT2D eigenvalue weighted by Crippen LogP contribution is -2.49. The third-order valence-electron chi connectivity index (χ3n) is 1.49. The molecule has 0 aromatic rings. The van der Waals surface area contributed by atoms with Crippen LogP contribution in [0.4, 0.5) is 13.2 Å². The monoisotopic (exact) mass is 184 g/mol. The molecular formula is C6H11F3N2O. The Labute approximate surface area is 67.9 Å². The van der Waals surface area contributed by atoms with Crippen LogP contribution in [0.1, 0.15) is 19.8 Å². The summed E-state index contributed by atoms with van der Waals surface area (Å²) in [6.07, 6.45) is -5.87. The first-order valence-electron chi connectivity index (χ1n) is 3.31. The summed E-state index contributed by atoms with van der Waals surface area (Å²) in [4.78, 5) is 10.5. The number of hydrogen-bond donors (Lipinski definition) is 2. The quantitative estimate of drug-likeness (QED) is 0.671. The second kappa shape index (κ2) is 3.30. The lowest BCUT2D eigenvalue weighted by atomic mass is 9.96. The van der Waals surface area contributed by atoms with Gasteiger partial charge in [-0.05, 0) is 13.3 Å². The fraction of sp³-hybridized carbons (Fsp3) is 0.833. The predicted molar refractivity (Wildman–Crippen MR) is 37.1 cm³/mol. The van der Waals surface area contributed by atoms with Gasteiger partial charge in [-0.1, -0.05) is 0 Å².